The Morgan fingerprint density at radius 1 is 1.10 bits per heavy atom. The van der Waals surface area contributed by atoms with Gasteiger partial charge in [0.1, 0.15) is 11.0 Å². The summed E-state index contributed by atoms with van der Waals surface area (Å²) in [6.45, 7) is 10.2. The Bertz CT molecular complexity index is 836. The van der Waals surface area contributed by atoms with Crippen LogP contribution in [-0.2, 0) is 9.59 Å². The number of benzene rings is 1. The number of unbranched alkanes of at least 4 members (excludes halogenated alkanes) is 1. The number of anilines is 1. The molecule has 1 heterocycles. The summed E-state index contributed by atoms with van der Waals surface area (Å²) in [5.74, 6) is -0.320. The summed E-state index contributed by atoms with van der Waals surface area (Å²) in [7, 11) is 0. The Balaban J connectivity index is 2.09. The lowest BCUT2D eigenvalue weighted by atomic mass is 9.94. The molecular formula is C23H34N4O2S. The number of nitrogens with zero attached hydrogens (tertiary/aromatic N) is 2. The molecule has 0 aliphatic heterocycles. The van der Waals surface area contributed by atoms with E-state index in [1.807, 2.05) is 52.0 Å². The molecule has 0 radical (unpaired) electrons. The average Bonchev–Trinajstić information content (AvgIpc) is 3.20. The first kappa shape index (κ1) is 24.0. The number of amides is 2. The van der Waals surface area contributed by atoms with E-state index in [1.165, 1.54) is 11.3 Å². The predicted molar refractivity (Wildman–Crippen MR) is 123 cm³/mol. The van der Waals surface area contributed by atoms with E-state index in [0.717, 1.165) is 48.2 Å². The maximum Gasteiger partial charge on any atom is 0.249 e. The standard InChI is InChI=1S/C23H34N4O2S/c1-6-9-12-17(8-3)20(28)24-19(16(5)7-2)21(29)25-23-27-26-22(30-23)18-13-10-11-15(4)14-18/h10-11,13-14,16-17,19H,6-9,12H2,1-5H3,(H,24,28)(H,25,27,29). The van der Waals surface area contributed by atoms with Crippen molar-refractivity contribution in [2.45, 2.75) is 72.8 Å². The Hall–Kier alpha value is -2.28. The van der Waals surface area contributed by atoms with Crippen molar-refractivity contribution in [2.75, 3.05) is 5.32 Å². The number of nitrogens with one attached hydrogen (secondary N) is 2. The highest BCUT2D eigenvalue weighted by Crippen LogP contribution is 2.27. The van der Waals surface area contributed by atoms with Crippen molar-refractivity contribution in [1.29, 1.82) is 0 Å². The number of aryl methyl sites for hydroxylation is 1. The lowest BCUT2D eigenvalue weighted by Gasteiger charge is -2.25. The van der Waals surface area contributed by atoms with Gasteiger partial charge in [0.05, 0.1) is 0 Å². The molecule has 2 rings (SSSR count). The van der Waals surface area contributed by atoms with Gasteiger partial charge in [0.2, 0.25) is 16.9 Å². The van der Waals surface area contributed by atoms with Crippen molar-refractivity contribution in [3.8, 4) is 10.6 Å². The normalized spacial score (nSPS) is 14.0. The van der Waals surface area contributed by atoms with Crippen LogP contribution in [0, 0.1) is 18.8 Å². The smallest absolute Gasteiger partial charge is 0.249 e. The number of rotatable bonds is 11. The van der Waals surface area contributed by atoms with Crippen molar-refractivity contribution < 1.29 is 9.59 Å². The number of aromatic nitrogens is 2. The van der Waals surface area contributed by atoms with Crippen LogP contribution in [0.4, 0.5) is 5.13 Å². The summed E-state index contributed by atoms with van der Waals surface area (Å²) >= 11 is 1.33. The summed E-state index contributed by atoms with van der Waals surface area (Å²) in [4.78, 5) is 25.8. The molecule has 7 heteroatoms. The van der Waals surface area contributed by atoms with Crippen LogP contribution in [-0.4, -0.2) is 28.1 Å². The van der Waals surface area contributed by atoms with Gasteiger partial charge in [0.25, 0.3) is 0 Å². The Morgan fingerprint density at radius 2 is 1.87 bits per heavy atom. The van der Waals surface area contributed by atoms with Gasteiger partial charge in [-0.1, -0.05) is 82.1 Å². The third kappa shape index (κ3) is 6.62. The molecule has 30 heavy (non-hydrogen) atoms. The molecule has 0 aliphatic carbocycles. The van der Waals surface area contributed by atoms with E-state index in [4.69, 9.17) is 0 Å². The van der Waals surface area contributed by atoms with E-state index in [-0.39, 0.29) is 23.7 Å². The van der Waals surface area contributed by atoms with E-state index in [9.17, 15) is 9.59 Å². The lowest BCUT2D eigenvalue weighted by Crippen LogP contribution is -2.49. The zero-order valence-electron chi connectivity index (χ0n) is 18.7. The summed E-state index contributed by atoms with van der Waals surface area (Å²) in [6, 6.07) is 7.42. The molecule has 3 atom stereocenters. The molecule has 2 N–H and O–H groups in total. The van der Waals surface area contributed by atoms with Crippen molar-refractivity contribution in [3.05, 3.63) is 29.8 Å². The fourth-order valence-electron chi connectivity index (χ4n) is 3.30. The van der Waals surface area contributed by atoms with Crippen LogP contribution in [0.5, 0.6) is 0 Å². The lowest BCUT2D eigenvalue weighted by molar-refractivity contribution is -0.130. The number of hydrogen-bond donors (Lipinski definition) is 2. The first-order valence-corrected chi connectivity index (χ1v) is 11.7. The van der Waals surface area contributed by atoms with E-state index in [0.29, 0.717) is 5.13 Å². The predicted octanol–water partition coefficient (Wildman–Crippen LogP) is 5.20. The molecule has 1 aromatic carbocycles. The van der Waals surface area contributed by atoms with E-state index in [1.54, 1.807) is 0 Å². The van der Waals surface area contributed by atoms with Gasteiger partial charge in [-0.05, 0) is 31.7 Å². The van der Waals surface area contributed by atoms with Crippen molar-refractivity contribution in [2.24, 2.45) is 11.8 Å². The van der Waals surface area contributed by atoms with Gasteiger partial charge in [-0.15, -0.1) is 10.2 Å². The van der Waals surface area contributed by atoms with Gasteiger partial charge in [-0.2, -0.15) is 0 Å². The summed E-state index contributed by atoms with van der Waals surface area (Å²) in [5.41, 5.74) is 2.11. The molecule has 2 aromatic rings. The minimum Gasteiger partial charge on any atom is -0.344 e. The summed E-state index contributed by atoms with van der Waals surface area (Å²) in [6.07, 6.45) is 4.48. The van der Waals surface area contributed by atoms with Crippen LogP contribution in [0.2, 0.25) is 0 Å². The number of carbonyl (C=O) groups is 2. The molecule has 6 nitrogen and oxygen atoms in total. The first-order chi connectivity index (χ1) is 14.4. The third-order valence-corrected chi connectivity index (χ3v) is 6.37. The second-order valence-corrected chi connectivity index (χ2v) is 8.87. The van der Waals surface area contributed by atoms with Gasteiger partial charge >= 0.3 is 0 Å². The molecule has 1 aromatic heterocycles. The monoisotopic (exact) mass is 430 g/mol. The zero-order valence-corrected chi connectivity index (χ0v) is 19.5. The highest BCUT2D eigenvalue weighted by atomic mass is 32.1. The average molecular weight is 431 g/mol. The molecule has 0 fully saturated rings. The van der Waals surface area contributed by atoms with Crippen LogP contribution < -0.4 is 10.6 Å². The molecule has 164 valence electrons. The SMILES string of the molecule is CCCCC(CC)C(=O)NC(C(=O)Nc1nnc(-c2cccc(C)c2)s1)C(C)CC. The minimum absolute atomic E-state index is 0.0156. The second kappa shape index (κ2) is 11.8. The van der Waals surface area contributed by atoms with E-state index in [2.05, 4.69) is 27.8 Å². The van der Waals surface area contributed by atoms with Crippen LogP contribution in [0.25, 0.3) is 10.6 Å². The van der Waals surface area contributed by atoms with E-state index < -0.39 is 6.04 Å². The zero-order chi connectivity index (χ0) is 22.1. The molecule has 0 spiro atoms. The third-order valence-electron chi connectivity index (χ3n) is 5.48. The van der Waals surface area contributed by atoms with Gasteiger partial charge in [0.15, 0.2) is 0 Å². The van der Waals surface area contributed by atoms with Gasteiger partial charge in [-0.3, -0.25) is 14.9 Å². The van der Waals surface area contributed by atoms with E-state index >= 15 is 0 Å². The first-order valence-electron chi connectivity index (χ1n) is 10.9. The van der Waals surface area contributed by atoms with Crippen molar-refractivity contribution in [3.63, 3.8) is 0 Å². The van der Waals surface area contributed by atoms with Crippen LogP contribution >= 0.6 is 11.3 Å². The Labute approximate surface area is 183 Å². The molecule has 0 aliphatic rings. The second-order valence-electron chi connectivity index (χ2n) is 7.89. The van der Waals surface area contributed by atoms with Crippen LogP contribution in [0.1, 0.15) is 65.4 Å². The highest BCUT2D eigenvalue weighted by molar-refractivity contribution is 7.18. The van der Waals surface area contributed by atoms with Gasteiger partial charge < -0.3 is 5.32 Å². The van der Waals surface area contributed by atoms with Crippen LogP contribution in [0.15, 0.2) is 24.3 Å². The van der Waals surface area contributed by atoms with Crippen LogP contribution in [0.3, 0.4) is 0 Å². The van der Waals surface area contributed by atoms with Crippen molar-refractivity contribution in [1.82, 2.24) is 15.5 Å². The quantitative estimate of drug-likeness (QED) is 0.513. The highest BCUT2D eigenvalue weighted by Gasteiger charge is 2.29. The Morgan fingerprint density at radius 3 is 2.50 bits per heavy atom. The molecule has 3 unspecified atom stereocenters. The maximum atomic E-state index is 13.0. The molecule has 0 saturated heterocycles. The largest absolute Gasteiger partial charge is 0.344 e. The topological polar surface area (TPSA) is 84.0 Å². The fourth-order valence-corrected chi connectivity index (χ4v) is 4.04. The van der Waals surface area contributed by atoms with Gasteiger partial charge in [-0.25, -0.2) is 0 Å². The fraction of sp³-hybridized carbons (Fsp3) is 0.565. The molecular weight excluding hydrogens is 396 g/mol. The summed E-state index contributed by atoms with van der Waals surface area (Å²) in [5, 5.41) is 15.4. The maximum absolute atomic E-state index is 13.0. The van der Waals surface area contributed by atoms with Gasteiger partial charge in [0, 0.05) is 11.5 Å². The summed E-state index contributed by atoms with van der Waals surface area (Å²) < 4.78 is 0. The number of carbonyl (C=O) groups excluding carboxylic acids is 2. The Kier molecular flexibility index (Phi) is 9.43. The molecule has 0 bridgehead atoms. The van der Waals surface area contributed by atoms with Crippen molar-refractivity contribution >= 4 is 28.3 Å². The molecule has 2 amide bonds. The minimum atomic E-state index is -0.593. The number of hydrogen-bond acceptors (Lipinski definition) is 5. The molecule has 0 saturated carbocycles.